The largest absolute Gasteiger partial charge is 0.490 e. The number of hydrogen-bond donors (Lipinski definition) is 1. The van der Waals surface area contributed by atoms with Gasteiger partial charge in [0.1, 0.15) is 11.9 Å². The third-order valence-electron chi connectivity index (χ3n) is 4.22. The molecule has 0 aliphatic carbocycles. The molecule has 0 bridgehead atoms. The van der Waals surface area contributed by atoms with Crippen molar-refractivity contribution >= 4 is 0 Å². The fourth-order valence-corrected chi connectivity index (χ4v) is 2.71. The Bertz CT molecular complexity index is 390. The molecule has 0 amide bonds. The molecule has 2 atom stereocenters. The SMILES string of the molecule is CCC(C)(CNC(C)C)CC1Cc2ccccc2O1. The van der Waals surface area contributed by atoms with Crippen molar-refractivity contribution in [2.75, 3.05) is 6.54 Å². The van der Waals surface area contributed by atoms with Crippen molar-refractivity contribution in [1.82, 2.24) is 5.32 Å². The average molecular weight is 261 g/mol. The van der Waals surface area contributed by atoms with E-state index in [0.29, 0.717) is 17.6 Å². The lowest BCUT2D eigenvalue weighted by Gasteiger charge is -2.32. The van der Waals surface area contributed by atoms with Gasteiger partial charge in [0, 0.05) is 19.0 Å². The molecule has 1 aliphatic heterocycles. The van der Waals surface area contributed by atoms with Gasteiger partial charge in [0.2, 0.25) is 0 Å². The summed E-state index contributed by atoms with van der Waals surface area (Å²) >= 11 is 0. The highest BCUT2D eigenvalue weighted by atomic mass is 16.5. The molecule has 0 radical (unpaired) electrons. The van der Waals surface area contributed by atoms with Gasteiger partial charge in [-0.25, -0.2) is 0 Å². The lowest BCUT2D eigenvalue weighted by molar-refractivity contribution is 0.138. The molecule has 0 spiro atoms. The Balaban J connectivity index is 1.94. The Kier molecular flexibility index (Phi) is 4.51. The molecule has 2 nitrogen and oxygen atoms in total. The number of fused-ring (bicyclic) bond motifs is 1. The van der Waals surface area contributed by atoms with Gasteiger partial charge < -0.3 is 10.1 Å². The zero-order valence-electron chi connectivity index (χ0n) is 12.7. The first kappa shape index (κ1) is 14.4. The van der Waals surface area contributed by atoms with E-state index < -0.39 is 0 Å². The van der Waals surface area contributed by atoms with E-state index in [-0.39, 0.29) is 0 Å². The van der Waals surface area contributed by atoms with E-state index in [1.54, 1.807) is 0 Å². The van der Waals surface area contributed by atoms with E-state index in [1.807, 2.05) is 0 Å². The molecule has 2 unspecified atom stereocenters. The summed E-state index contributed by atoms with van der Waals surface area (Å²) in [7, 11) is 0. The lowest BCUT2D eigenvalue weighted by atomic mass is 9.81. The first-order valence-corrected chi connectivity index (χ1v) is 7.50. The molecule has 0 fully saturated rings. The summed E-state index contributed by atoms with van der Waals surface area (Å²) in [5.41, 5.74) is 1.68. The molecule has 1 heterocycles. The van der Waals surface area contributed by atoms with Crippen LogP contribution in [0.3, 0.4) is 0 Å². The molecule has 19 heavy (non-hydrogen) atoms. The zero-order valence-corrected chi connectivity index (χ0v) is 12.7. The molecule has 1 aliphatic rings. The Morgan fingerprint density at radius 2 is 2.11 bits per heavy atom. The highest BCUT2D eigenvalue weighted by molar-refractivity contribution is 5.37. The highest BCUT2D eigenvalue weighted by Crippen LogP contribution is 2.35. The van der Waals surface area contributed by atoms with Crippen LogP contribution in [0.15, 0.2) is 24.3 Å². The van der Waals surface area contributed by atoms with Crippen LogP contribution < -0.4 is 10.1 Å². The maximum Gasteiger partial charge on any atom is 0.123 e. The molecule has 106 valence electrons. The molecule has 2 rings (SSSR count). The van der Waals surface area contributed by atoms with Gasteiger partial charge in [0.05, 0.1) is 0 Å². The van der Waals surface area contributed by atoms with E-state index >= 15 is 0 Å². The molecule has 1 N–H and O–H groups in total. The van der Waals surface area contributed by atoms with Crippen molar-refractivity contribution in [3.63, 3.8) is 0 Å². The van der Waals surface area contributed by atoms with E-state index in [0.717, 1.165) is 25.1 Å². The number of hydrogen-bond acceptors (Lipinski definition) is 2. The predicted molar refractivity (Wildman–Crippen MR) is 80.7 cm³/mol. The van der Waals surface area contributed by atoms with Gasteiger partial charge in [-0.05, 0) is 29.9 Å². The van der Waals surface area contributed by atoms with Crippen molar-refractivity contribution in [3.8, 4) is 5.75 Å². The number of benzene rings is 1. The number of rotatable bonds is 6. The summed E-state index contributed by atoms with van der Waals surface area (Å²) in [6.07, 6.45) is 3.71. The van der Waals surface area contributed by atoms with E-state index in [4.69, 9.17) is 4.74 Å². The minimum Gasteiger partial charge on any atom is -0.490 e. The molecule has 0 saturated heterocycles. The summed E-state index contributed by atoms with van der Waals surface area (Å²) in [5, 5.41) is 3.58. The number of ether oxygens (including phenoxy) is 1. The topological polar surface area (TPSA) is 21.3 Å². The van der Waals surface area contributed by atoms with Crippen molar-refractivity contribution in [1.29, 1.82) is 0 Å². The third kappa shape index (κ3) is 3.73. The second-order valence-electron chi connectivity index (χ2n) is 6.46. The van der Waals surface area contributed by atoms with Gasteiger partial charge in [-0.15, -0.1) is 0 Å². The quantitative estimate of drug-likeness (QED) is 0.841. The van der Waals surface area contributed by atoms with Gasteiger partial charge in [-0.1, -0.05) is 45.9 Å². The Morgan fingerprint density at radius 3 is 2.74 bits per heavy atom. The molecular weight excluding hydrogens is 234 g/mol. The zero-order chi connectivity index (χ0) is 13.9. The summed E-state index contributed by atoms with van der Waals surface area (Å²) in [6, 6.07) is 8.98. The lowest BCUT2D eigenvalue weighted by Crippen LogP contribution is -2.38. The average Bonchev–Trinajstić information content (AvgIpc) is 2.78. The first-order chi connectivity index (χ1) is 9.02. The van der Waals surface area contributed by atoms with Crippen LogP contribution in [0.1, 0.15) is 46.1 Å². The Labute approximate surface area is 117 Å². The normalized spacial score (nSPS) is 21.0. The van der Waals surface area contributed by atoms with Crippen LogP contribution >= 0.6 is 0 Å². The molecule has 0 saturated carbocycles. The molecule has 1 aromatic rings. The van der Waals surface area contributed by atoms with Crippen molar-refractivity contribution < 1.29 is 4.74 Å². The fraction of sp³-hybridized carbons (Fsp3) is 0.647. The minimum absolute atomic E-state index is 0.316. The highest BCUT2D eigenvalue weighted by Gasteiger charge is 2.31. The Hall–Kier alpha value is -1.02. The molecular formula is C17H27NO. The van der Waals surface area contributed by atoms with Gasteiger partial charge in [-0.2, -0.15) is 0 Å². The molecule has 2 heteroatoms. The second kappa shape index (κ2) is 5.96. The minimum atomic E-state index is 0.316. The van der Waals surface area contributed by atoms with Crippen LogP contribution in [0.5, 0.6) is 5.75 Å². The smallest absolute Gasteiger partial charge is 0.123 e. The van der Waals surface area contributed by atoms with Crippen LogP contribution in [0.2, 0.25) is 0 Å². The summed E-state index contributed by atoms with van der Waals surface area (Å²) in [6.45, 7) is 10.1. The second-order valence-corrected chi connectivity index (χ2v) is 6.46. The predicted octanol–water partition coefficient (Wildman–Crippen LogP) is 3.79. The van der Waals surface area contributed by atoms with Crippen molar-refractivity contribution in [3.05, 3.63) is 29.8 Å². The summed E-state index contributed by atoms with van der Waals surface area (Å²) in [5.74, 6) is 1.09. The van der Waals surface area contributed by atoms with Crippen molar-refractivity contribution in [2.45, 2.75) is 59.1 Å². The van der Waals surface area contributed by atoms with Crippen LogP contribution in [0.4, 0.5) is 0 Å². The number of nitrogens with one attached hydrogen (secondary N) is 1. The number of para-hydroxylation sites is 1. The standard InChI is InChI=1S/C17H27NO/c1-5-17(4,12-18-13(2)3)11-15-10-14-8-6-7-9-16(14)19-15/h6-9,13,15,18H,5,10-12H2,1-4H3. The maximum atomic E-state index is 6.08. The van der Waals surface area contributed by atoms with E-state index in [2.05, 4.69) is 57.3 Å². The molecule has 1 aromatic carbocycles. The third-order valence-corrected chi connectivity index (χ3v) is 4.22. The van der Waals surface area contributed by atoms with Gasteiger partial charge in [0.15, 0.2) is 0 Å². The van der Waals surface area contributed by atoms with Crippen molar-refractivity contribution in [2.24, 2.45) is 5.41 Å². The van der Waals surface area contributed by atoms with Gasteiger partial charge in [0.25, 0.3) is 0 Å². The van der Waals surface area contributed by atoms with E-state index in [1.165, 1.54) is 12.0 Å². The van der Waals surface area contributed by atoms with Crippen LogP contribution in [-0.4, -0.2) is 18.7 Å². The van der Waals surface area contributed by atoms with Gasteiger partial charge >= 0.3 is 0 Å². The Morgan fingerprint density at radius 1 is 1.37 bits per heavy atom. The van der Waals surface area contributed by atoms with Crippen LogP contribution in [0, 0.1) is 5.41 Å². The maximum absolute atomic E-state index is 6.08. The van der Waals surface area contributed by atoms with E-state index in [9.17, 15) is 0 Å². The fourth-order valence-electron chi connectivity index (χ4n) is 2.71. The summed E-state index contributed by atoms with van der Waals surface area (Å²) < 4.78 is 6.08. The molecule has 0 aromatic heterocycles. The monoisotopic (exact) mass is 261 g/mol. The first-order valence-electron chi connectivity index (χ1n) is 7.50. The van der Waals surface area contributed by atoms with Gasteiger partial charge in [-0.3, -0.25) is 0 Å². The summed E-state index contributed by atoms with van der Waals surface area (Å²) in [4.78, 5) is 0. The van der Waals surface area contributed by atoms with Crippen LogP contribution in [0.25, 0.3) is 0 Å². The van der Waals surface area contributed by atoms with Crippen LogP contribution in [-0.2, 0) is 6.42 Å².